The van der Waals surface area contributed by atoms with Crippen LogP contribution in [0.25, 0.3) is 0 Å². The Bertz CT molecular complexity index is 809. The molecule has 1 atom stereocenters. The Morgan fingerprint density at radius 1 is 0.857 bits per heavy atom. The van der Waals surface area contributed by atoms with Crippen LogP contribution in [0, 0.1) is 0 Å². The van der Waals surface area contributed by atoms with Gasteiger partial charge in [0, 0.05) is 11.4 Å². The van der Waals surface area contributed by atoms with Gasteiger partial charge in [-0.3, -0.25) is 0 Å². The van der Waals surface area contributed by atoms with Crippen molar-refractivity contribution >= 4 is 17.9 Å². The molecule has 0 amide bonds. The van der Waals surface area contributed by atoms with Crippen LogP contribution in [0.3, 0.4) is 0 Å². The highest BCUT2D eigenvalue weighted by Gasteiger charge is 2.38. The summed E-state index contributed by atoms with van der Waals surface area (Å²) in [5.41, 5.74) is 2.49. The second-order valence-corrected chi connectivity index (χ2v) is 6.15. The minimum atomic E-state index is -0.693. The van der Waals surface area contributed by atoms with Crippen LogP contribution < -0.4 is 5.32 Å². The van der Waals surface area contributed by atoms with Crippen LogP contribution in [0.15, 0.2) is 52.9 Å². The summed E-state index contributed by atoms with van der Waals surface area (Å²) in [6.07, 6.45) is 0. The van der Waals surface area contributed by atoms with Gasteiger partial charge in [-0.05, 0) is 33.3 Å². The molecule has 0 saturated carbocycles. The Hall–Kier alpha value is -3.09. The molecule has 150 valence electrons. The molecule has 0 fully saturated rings. The van der Waals surface area contributed by atoms with Crippen molar-refractivity contribution in [3.8, 4) is 0 Å². The van der Waals surface area contributed by atoms with Crippen molar-refractivity contribution in [2.45, 2.75) is 33.6 Å². The van der Waals surface area contributed by atoms with E-state index in [2.05, 4.69) is 5.32 Å². The smallest absolute Gasteiger partial charge is 0.344 e. The van der Waals surface area contributed by atoms with E-state index in [0.717, 1.165) is 5.56 Å². The van der Waals surface area contributed by atoms with Crippen LogP contribution in [0.2, 0.25) is 0 Å². The summed E-state index contributed by atoms with van der Waals surface area (Å²) in [6, 6.07) is 9.15. The second-order valence-electron chi connectivity index (χ2n) is 6.15. The van der Waals surface area contributed by atoms with Gasteiger partial charge in [0.15, 0.2) is 6.61 Å². The number of hydrogen-bond donors (Lipinski definition) is 1. The number of carbonyl (C=O) groups is 3. The summed E-state index contributed by atoms with van der Waals surface area (Å²) in [6.45, 7) is 6.78. The molecule has 1 unspecified atom stereocenters. The molecular formula is C21H25NO6. The molecule has 0 aliphatic carbocycles. The highest BCUT2D eigenvalue weighted by Crippen LogP contribution is 2.39. The Labute approximate surface area is 164 Å². The maximum Gasteiger partial charge on any atom is 0.344 e. The van der Waals surface area contributed by atoms with Crippen molar-refractivity contribution in [1.29, 1.82) is 0 Å². The van der Waals surface area contributed by atoms with Crippen molar-refractivity contribution < 1.29 is 28.6 Å². The lowest BCUT2D eigenvalue weighted by molar-refractivity contribution is -0.156. The van der Waals surface area contributed by atoms with Gasteiger partial charge in [0.05, 0.1) is 30.3 Å². The summed E-state index contributed by atoms with van der Waals surface area (Å²) < 4.78 is 15.2. The zero-order chi connectivity index (χ0) is 20.7. The Morgan fingerprint density at radius 3 is 1.93 bits per heavy atom. The molecule has 7 heteroatoms. The molecule has 1 aromatic carbocycles. The number of benzene rings is 1. The van der Waals surface area contributed by atoms with Crippen LogP contribution in [0.1, 0.15) is 39.2 Å². The van der Waals surface area contributed by atoms with Crippen LogP contribution in [-0.2, 0) is 28.6 Å². The van der Waals surface area contributed by atoms with Gasteiger partial charge in [-0.2, -0.15) is 0 Å². The topological polar surface area (TPSA) is 90.9 Å². The number of rotatable bonds is 7. The molecule has 7 nitrogen and oxygen atoms in total. The molecular weight excluding hydrogens is 362 g/mol. The number of esters is 3. The van der Waals surface area contributed by atoms with E-state index < -0.39 is 30.4 Å². The van der Waals surface area contributed by atoms with Crippen molar-refractivity contribution in [1.82, 2.24) is 5.32 Å². The molecule has 0 radical (unpaired) electrons. The number of allylic oxidation sites excluding steroid dienone is 2. The second kappa shape index (κ2) is 9.73. The summed E-state index contributed by atoms with van der Waals surface area (Å²) in [5, 5.41) is 3.05. The van der Waals surface area contributed by atoms with E-state index in [0.29, 0.717) is 17.0 Å². The zero-order valence-corrected chi connectivity index (χ0v) is 16.5. The van der Waals surface area contributed by atoms with Crippen molar-refractivity contribution in [2.24, 2.45) is 0 Å². The normalized spacial score (nSPS) is 16.4. The van der Waals surface area contributed by atoms with Gasteiger partial charge >= 0.3 is 17.9 Å². The summed E-state index contributed by atoms with van der Waals surface area (Å²) in [7, 11) is 0. The Kier molecular flexibility index (Phi) is 7.37. The van der Waals surface area contributed by atoms with Crippen LogP contribution >= 0.6 is 0 Å². The minimum absolute atomic E-state index is 0.196. The van der Waals surface area contributed by atoms with Gasteiger partial charge in [0.1, 0.15) is 0 Å². The van der Waals surface area contributed by atoms with E-state index in [9.17, 15) is 14.4 Å². The fourth-order valence-electron chi connectivity index (χ4n) is 3.13. The summed E-state index contributed by atoms with van der Waals surface area (Å²) >= 11 is 0. The van der Waals surface area contributed by atoms with E-state index in [1.807, 2.05) is 30.3 Å². The first-order chi connectivity index (χ1) is 13.4. The fraction of sp³-hybridized carbons (Fsp3) is 0.381. The number of hydrogen-bond acceptors (Lipinski definition) is 7. The molecule has 0 bridgehead atoms. The van der Waals surface area contributed by atoms with Gasteiger partial charge in [0.2, 0.25) is 0 Å². The SMILES string of the molecule is CCOC(=O)COC(=O)C1=C(C)NC(C)=C(C(=O)OCC)C1c1ccccc1. The van der Waals surface area contributed by atoms with Crippen molar-refractivity contribution in [3.63, 3.8) is 0 Å². The van der Waals surface area contributed by atoms with Gasteiger partial charge in [-0.1, -0.05) is 30.3 Å². The minimum Gasteiger partial charge on any atom is -0.463 e. The fourth-order valence-corrected chi connectivity index (χ4v) is 3.13. The van der Waals surface area contributed by atoms with Gasteiger partial charge in [-0.25, -0.2) is 14.4 Å². The average Bonchev–Trinajstić information content (AvgIpc) is 2.66. The van der Waals surface area contributed by atoms with E-state index >= 15 is 0 Å². The monoisotopic (exact) mass is 387 g/mol. The quantitative estimate of drug-likeness (QED) is 0.568. The lowest BCUT2D eigenvalue weighted by Crippen LogP contribution is -2.33. The van der Waals surface area contributed by atoms with Crippen molar-refractivity contribution in [2.75, 3.05) is 19.8 Å². The molecule has 1 aliphatic heterocycles. The third-order valence-corrected chi connectivity index (χ3v) is 4.23. The third kappa shape index (κ3) is 4.79. The number of nitrogens with one attached hydrogen (secondary N) is 1. The highest BCUT2D eigenvalue weighted by atomic mass is 16.6. The van der Waals surface area contributed by atoms with Gasteiger partial charge in [0.25, 0.3) is 0 Å². The zero-order valence-electron chi connectivity index (χ0n) is 16.5. The number of dihydropyridines is 1. The first-order valence-electron chi connectivity index (χ1n) is 9.14. The van der Waals surface area contributed by atoms with Crippen LogP contribution in [0.4, 0.5) is 0 Å². The van der Waals surface area contributed by atoms with Crippen molar-refractivity contribution in [3.05, 3.63) is 58.4 Å². The predicted molar refractivity (Wildman–Crippen MR) is 102 cm³/mol. The van der Waals surface area contributed by atoms with E-state index in [4.69, 9.17) is 14.2 Å². The molecule has 0 spiro atoms. The lowest BCUT2D eigenvalue weighted by atomic mass is 9.80. The Balaban J connectivity index is 2.43. The van der Waals surface area contributed by atoms with Gasteiger partial charge in [-0.15, -0.1) is 0 Å². The van der Waals surface area contributed by atoms with E-state index in [1.165, 1.54) is 0 Å². The first kappa shape index (κ1) is 21.2. The lowest BCUT2D eigenvalue weighted by Gasteiger charge is -2.30. The first-order valence-corrected chi connectivity index (χ1v) is 9.14. The van der Waals surface area contributed by atoms with Crippen LogP contribution in [0.5, 0.6) is 0 Å². The molecule has 1 N–H and O–H groups in total. The Morgan fingerprint density at radius 2 is 1.39 bits per heavy atom. The average molecular weight is 387 g/mol. The highest BCUT2D eigenvalue weighted by molar-refractivity contribution is 6.00. The standard InChI is InChI=1S/C21H25NO6/c1-5-26-16(23)12-28-21(25)18-14(4)22-13(3)17(20(24)27-6-2)19(18)15-10-8-7-9-11-15/h7-11,19,22H,5-6,12H2,1-4H3. The molecule has 1 aliphatic rings. The molecule has 2 rings (SSSR count). The van der Waals surface area contributed by atoms with E-state index in [1.54, 1.807) is 27.7 Å². The molecule has 1 heterocycles. The largest absolute Gasteiger partial charge is 0.463 e. The maximum atomic E-state index is 12.8. The van der Waals surface area contributed by atoms with E-state index in [-0.39, 0.29) is 18.8 Å². The predicted octanol–water partition coefficient (Wildman–Crippen LogP) is 2.59. The molecule has 0 saturated heterocycles. The number of carbonyl (C=O) groups excluding carboxylic acids is 3. The summed E-state index contributed by atoms with van der Waals surface area (Å²) in [4.78, 5) is 37.0. The molecule has 28 heavy (non-hydrogen) atoms. The van der Waals surface area contributed by atoms with Crippen LogP contribution in [-0.4, -0.2) is 37.7 Å². The summed E-state index contributed by atoms with van der Waals surface area (Å²) in [5.74, 6) is -2.51. The maximum absolute atomic E-state index is 12.8. The number of ether oxygens (including phenoxy) is 3. The molecule has 0 aromatic heterocycles. The third-order valence-electron chi connectivity index (χ3n) is 4.23. The molecule has 1 aromatic rings. The van der Waals surface area contributed by atoms with Gasteiger partial charge < -0.3 is 19.5 Å².